The molecular weight excluding hydrogens is 166 g/mol. The topological polar surface area (TPSA) is 41.3 Å². The molecule has 1 saturated heterocycles. The summed E-state index contributed by atoms with van der Waals surface area (Å²) in [6.07, 6.45) is 2.61. The molecule has 0 spiro atoms. The summed E-state index contributed by atoms with van der Waals surface area (Å²) in [6, 6.07) is 1.97. The monoisotopic (exact) mass is 181 g/mol. The molecule has 1 unspecified atom stereocenters. The number of aryl methyl sites for hydroxylation is 1. The van der Waals surface area contributed by atoms with E-state index in [9.17, 15) is 5.11 Å². The zero-order valence-electron chi connectivity index (χ0n) is 8.06. The zero-order chi connectivity index (χ0) is 9.47. The summed E-state index contributed by atoms with van der Waals surface area (Å²) in [5.41, 5.74) is -0.537. The van der Waals surface area contributed by atoms with Crippen molar-refractivity contribution in [3.8, 4) is 0 Å². The van der Waals surface area contributed by atoms with E-state index in [0.29, 0.717) is 6.54 Å². The first-order valence-electron chi connectivity index (χ1n) is 4.54. The predicted octanol–water partition coefficient (Wildman–Crippen LogP) is 0.381. The fourth-order valence-corrected chi connectivity index (χ4v) is 1.82. The number of aliphatic hydroxyl groups is 1. The number of nitrogens with zero attached hydrogens (tertiary/aromatic N) is 3. The van der Waals surface area contributed by atoms with E-state index in [4.69, 9.17) is 0 Å². The van der Waals surface area contributed by atoms with E-state index in [1.54, 1.807) is 6.20 Å². The van der Waals surface area contributed by atoms with Crippen LogP contribution in [-0.2, 0) is 7.05 Å². The summed E-state index contributed by atoms with van der Waals surface area (Å²) in [5, 5.41) is 13.9. The van der Waals surface area contributed by atoms with Crippen LogP contribution < -0.4 is 4.90 Å². The third kappa shape index (κ3) is 1.54. The number of hydrogen-bond donors (Lipinski definition) is 1. The summed E-state index contributed by atoms with van der Waals surface area (Å²) in [5.74, 6) is 1.08. The minimum absolute atomic E-state index is 0.537. The third-order valence-electron chi connectivity index (χ3n) is 2.57. The van der Waals surface area contributed by atoms with Crippen molar-refractivity contribution >= 4 is 5.82 Å². The molecule has 72 valence electrons. The van der Waals surface area contributed by atoms with Crippen molar-refractivity contribution < 1.29 is 5.11 Å². The van der Waals surface area contributed by atoms with Crippen molar-refractivity contribution in [2.45, 2.75) is 18.9 Å². The molecule has 1 fully saturated rings. The maximum absolute atomic E-state index is 9.78. The second-order valence-corrected chi connectivity index (χ2v) is 3.98. The smallest absolute Gasteiger partial charge is 0.126 e. The Morgan fingerprint density at radius 1 is 1.62 bits per heavy atom. The molecule has 1 atom stereocenters. The lowest BCUT2D eigenvalue weighted by Crippen LogP contribution is -2.30. The van der Waals surface area contributed by atoms with E-state index < -0.39 is 5.60 Å². The predicted molar refractivity (Wildman–Crippen MR) is 50.7 cm³/mol. The van der Waals surface area contributed by atoms with Crippen LogP contribution >= 0.6 is 0 Å². The largest absolute Gasteiger partial charge is 0.388 e. The van der Waals surface area contributed by atoms with Crippen molar-refractivity contribution in [1.29, 1.82) is 0 Å². The lowest BCUT2D eigenvalue weighted by molar-refractivity contribution is 0.0838. The van der Waals surface area contributed by atoms with Gasteiger partial charge >= 0.3 is 0 Å². The Morgan fingerprint density at radius 2 is 2.38 bits per heavy atom. The molecule has 2 rings (SSSR count). The van der Waals surface area contributed by atoms with Crippen LogP contribution in [0.15, 0.2) is 12.3 Å². The number of anilines is 1. The number of rotatable bonds is 1. The van der Waals surface area contributed by atoms with Crippen LogP contribution in [0.2, 0.25) is 0 Å². The molecule has 1 aromatic rings. The first kappa shape index (κ1) is 8.56. The van der Waals surface area contributed by atoms with Gasteiger partial charge in [0.05, 0.1) is 11.8 Å². The third-order valence-corrected chi connectivity index (χ3v) is 2.57. The van der Waals surface area contributed by atoms with Crippen molar-refractivity contribution in [3.05, 3.63) is 12.3 Å². The number of hydrogen-bond acceptors (Lipinski definition) is 3. The molecule has 0 saturated carbocycles. The van der Waals surface area contributed by atoms with Gasteiger partial charge in [-0.2, -0.15) is 5.10 Å². The van der Waals surface area contributed by atoms with Gasteiger partial charge < -0.3 is 10.0 Å². The Balaban J connectivity index is 2.17. The van der Waals surface area contributed by atoms with Gasteiger partial charge in [0.1, 0.15) is 5.82 Å². The van der Waals surface area contributed by atoms with Crippen LogP contribution in [0.25, 0.3) is 0 Å². The number of β-amino-alcohol motifs (C(OH)–C–C–N with tert-alkyl or cyclic N) is 1. The van der Waals surface area contributed by atoms with Gasteiger partial charge in [0, 0.05) is 26.2 Å². The van der Waals surface area contributed by atoms with Gasteiger partial charge in [-0.15, -0.1) is 0 Å². The normalized spacial score (nSPS) is 28.4. The minimum atomic E-state index is -0.537. The van der Waals surface area contributed by atoms with E-state index in [1.165, 1.54) is 0 Å². The van der Waals surface area contributed by atoms with Crippen LogP contribution in [0.4, 0.5) is 5.82 Å². The van der Waals surface area contributed by atoms with Crippen molar-refractivity contribution in [2.75, 3.05) is 18.0 Å². The van der Waals surface area contributed by atoms with Crippen LogP contribution in [0.5, 0.6) is 0 Å². The highest BCUT2D eigenvalue weighted by Gasteiger charge is 2.32. The maximum Gasteiger partial charge on any atom is 0.126 e. The molecular formula is C9H15N3O. The molecule has 1 N–H and O–H groups in total. The van der Waals surface area contributed by atoms with Gasteiger partial charge in [0.2, 0.25) is 0 Å². The first-order chi connectivity index (χ1) is 6.08. The second-order valence-electron chi connectivity index (χ2n) is 3.98. The first-order valence-corrected chi connectivity index (χ1v) is 4.54. The summed E-state index contributed by atoms with van der Waals surface area (Å²) >= 11 is 0. The minimum Gasteiger partial charge on any atom is -0.388 e. The fourth-order valence-electron chi connectivity index (χ4n) is 1.82. The highest BCUT2D eigenvalue weighted by molar-refractivity contribution is 5.40. The fraction of sp³-hybridized carbons (Fsp3) is 0.667. The van der Waals surface area contributed by atoms with E-state index in [1.807, 2.05) is 24.7 Å². The van der Waals surface area contributed by atoms with Gasteiger partial charge in [-0.1, -0.05) is 0 Å². The Kier molecular flexibility index (Phi) is 1.80. The SMILES string of the molecule is Cn1nccc1N1CCC(C)(O)C1. The molecule has 0 aromatic carbocycles. The van der Waals surface area contributed by atoms with Gasteiger partial charge in [-0.25, -0.2) is 0 Å². The molecule has 13 heavy (non-hydrogen) atoms. The molecule has 0 amide bonds. The van der Waals surface area contributed by atoms with Crippen LogP contribution in [0.1, 0.15) is 13.3 Å². The molecule has 0 bridgehead atoms. The highest BCUT2D eigenvalue weighted by Crippen LogP contribution is 2.25. The maximum atomic E-state index is 9.78. The van der Waals surface area contributed by atoms with Crippen molar-refractivity contribution in [2.24, 2.45) is 7.05 Å². The van der Waals surface area contributed by atoms with Gasteiger partial charge in [-0.05, 0) is 13.3 Å². The quantitative estimate of drug-likeness (QED) is 0.681. The summed E-state index contributed by atoms with van der Waals surface area (Å²) < 4.78 is 1.83. The Morgan fingerprint density at radius 3 is 2.85 bits per heavy atom. The van der Waals surface area contributed by atoms with Crippen molar-refractivity contribution in [1.82, 2.24) is 9.78 Å². The van der Waals surface area contributed by atoms with Crippen LogP contribution in [0.3, 0.4) is 0 Å². The second kappa shape index (κ2) is 2.73. The standard InChI is InChI=1S/C9H15N3O/c1-9(13)4-6-12(7-9)8-3-5-10-11(8)2/h3,5,13H,4,6-7H2,1-2H3. The van der Waals surface area contributed by atoms with Gasteiger partial charge in [-0.3, -0.25) is 4.68 Å². The summed E-state index contributed by atoms with van der Waals surface area (Å²) in [4.78, 5) is 2.16. The molecule has 0 aliphatic carbocycles. The van der Waals surface area contributed by atoms with Crippen LogP contribution in [-0.4, -0.2) is 33.6 Å². The molecule has 4 nitrogen and oxygen atoms in total. The Bertz CT molecular complexity index is 306. The summed E-state index contributed by atoms with van der Waals surface area (Å²) in [7, 11) is 1.92. The van der Waals surface area contributed by atoms with Gasteiger partial charge in [0.15, 0.2) is 0 Å². The van der Waals surface area contributed by atoms with E-state index in [-0.39, 0.29) is 0 Å². The Hall–Kier alpha value is -1.03. The lowest BCUT2D eigenvalue weighted by atomic mass is 10.1. The molecule has 2 heterocycles. The van der Waals surface area contributed by atoms with Crippen molar-refractivity contribution in [3.63, 3.8) is 0 Å². The molecule has 4 heteroatoms. The van der Waals surface area contributed by atoms with E-state index in [2.05, 4.69) is 10.00 Å². The van der Waals surface area contributed by atoms with Gasteiger partial charge in [0.25, 0.3) is 0 Å². The molecule has 1 aliphatic heterocycles. The summed E-state index contributed by atoms with van der Waals surface area (Å²) in [6.45, 7) is 3.49. The molecule has 1 aliphatic rings. The Labute approximate surface area is 77.8 Å². The van der Waals surface area contributed by atoms with E-state index in [0.717, 1.165) is 18.8 Å². The molecule has 0 radical (unpaired) electrons. The number of aromatic nitrogens is 2. The average molecular weight is 181 g/mol. The average Bonchev–Trinajstić information content (AvgIpc) is 2.56. The lowest BCUT2D eigenvalue weighted by Gasteiger charge is -2.20. The zero-order valence-corrected chi connectivity index (χ0v) is 8.06. The van der Waals surface area contributed by atoms with Crippen LogP contribution in [0, 0.1) is 0 Å². The molecule has 1 aromatic heterocycles. The highest BCUT2D eigenvalue weighted by atomic mass is 16.3. The van der Waals surface area contributed by atoms with E-state index >= 15 is 0 Å².